The first-order valence-corrected chi connectivity index (χ1v) is 7.20. The third-order valence-electron chi connectivity index (χ3n) is 3.48. The molecule has 0 unspecified atom stereocenters. The fourth-order valence-corrected chi connectivity index (χ4v) is 1.87. The Hall–Kier alpha value is -2.11. The van der Waals surface area contributed by atoms with Crippen LogP contribution in [0.4, 0.5) is 0 Å². The van der Waals surface area contributed by atoms with Crippen LogP contribution in [0, 0.1) is 11.8 Å². The van der Waals surface area contributed by atoms with E-state index < -0.39 is 0 Å². The molecular formula is C15H21N3O3. The minimum atomic E-state index is -0.291. The maximum Gasteiger partial charge on any atom is 0.249 e. The van der Waals surface area contributed by atoms with Gasteiger partial charge in [0.15, 0.2) is 5.76 Å². The van der Waals surface area contributed by atoms with Gasteiger partial charge in [-0.05, 0) is 18.1 Å². The van der Waals surface area contributed by atoms with Crippen molar-refractivity contribution in [2.45, 2.75) is 40.2 Å². The molecule has 2 aromatic rings. The molecule has 0 aromatic carbocycles. The highest BCUT2D eigenvalue weighted by Gasteiger charge is 2.27. The SMILES string of the molecule is CC[C@H](C)[C@@H](NC(=O)C(C)C)c1nc(-c2ccco2)no1. The molecule has 6 nitrogen and oxygen atoms in total. The fraction of sp³-hybridized carbons (Fsp3) is 0.533. The number of amides is 1. The van der Waals surface area contributed by atoms with Gasteiger partial charge in [-0.15, -0.1) is 0 Å². The summed E-state index contributed by atoms with van der Waals surface area (Å²) >= 11 is 0. The van der Waals surface area contributed by atoms with Crippen molar-refractivity contribution in [1.82, 2.24) is 15.5 Å². The van der Waals surface area contributed by atoms with E-state index in [4.69, 9.17) is 8.94 Å². The molecule has 0 saturated carbocycles. The monoisotopic (exact) mass is 291 g/mol. The van der Waals surface area contributed by atoms with Gasteiger partial charge in [0, 0.05) is 5.92 Å². The van der Waals surface area contributed by atoms with Crippen molar-refractivity contribution < 1.29 is 13.7 Å². The molecule has 0 aliphatic heterocycles. The smallest absolute Gasteiger partial charge is 0.249 e. The van der Waals surface area contributed by atoms with E-state index >= 15 is 0 Å². The lowest BCUT2D eigenvalue weighted by Crippen LogP contribution is -2.35. The maximum atomic E-state index is 12.0. The summed E-state index contributed by atoms with van der Waals surface area (Å²) in [6, 6.07) is 3.23. The van der Waals surface area contributed by atoms with Crippen molar-refractivity contribution in [2.75, 3.05) is 0 Å². The molecule has 2 atom stereocenters. The molecule has 6 heteroatoms. The van der Waals surface area contributed by atoms with Crippen molar-refractivity contribution in [3.8, 4) is 11.6 Å². The first kappa shape index (κ1) is 15.3. The highest BCUT2D eigenvalue weighted by molar-refractivity contribution is 5.78. The molecule has 0 aliphatic rings. The third kappa shape index (κ3) is 3.51. The number of nitrogens with zero attached hydrogens (tertiary/aromatic N) is 2. The molecule has 0 spiro atoms. The number of carbonyl (C=O) groups excluding carboxylic acids is 1. The van der Waals surface area contributed by atoms with Crippen molar-refractivity contribution in [2.24, 2.45) is 11.8 Å². The summed E-state index contributed by atoms with van der Waals surface area (Å²) in [7, 11) is 0. The zero-order valence-corrected chi connectivity index (χ0v) is 12.8. The largest absolute Gasteiger partial charge is 0.461 e. The van der Waals surface area contributed by atoms with Crippen LogP contribution in [0.1, 0.15) is 46.0 Å². The van der Waals surface area contributed by atoms with Crippen LogP contribution >= 0.6 is 0 Å². The van der Waals surface area contributed by atoms with Gasteiger partial charge < -0.3 is 14.3 Å². The number of hydrogen-bond acceptors (Lipinski definition) is 5. The van der Waals surface area contributed by atoms with Crippen LogP contribution in [0.5, 0.6) is 0 Å². The van der Waals surface area contributed by atoms with Crippen molar-refractivity contribution in [3.05, 3.63) is 24.3 Å². The molecule has 0 radical (unpaired) electrons. The van der Waals surface area contributed by atoms with E-state index in [-0.39, 0.29) is 23.8 Å². The highest BCUT2D eigenvalue weighted by atomic mass is 16.5. The summed E-state index contributed by atoms with van der Waals surface area (Å²) < 4.78 is 10.6. The number of hydrogen-bond donors (Lipinski definition) is 1. The van der Waals surface area contributed by atoms with Crippen LogP contribution in [-0.4, -0.2) is 16.0 Å². The van der Waals surface area contributed by atoms with E-state index in [1.165, 1.54) is 0 Å². The highest BCUT2D eigenvalue weighted by Crippen LogP contribution is 2.26. The lowest BCUT2D eigenvalue weighted by Gasteiger charge is -2.21. The number of nitrogens with one attached hydrogen (secondary N) is 1. The maximum absolute atomic E-state index is 12.0. The number of rotatable bonds is 6. The molecule has 1 N–H and O–H groups in total. The van der Waals surface area contributed by atoms with Gasteiger partial charge in [-0.1, -0.05) is 39.3 Å². The quantitative estimate of drug-likeness (QED) is 0.884. The molecule has 114 valence electrons. The molecular weight excluding hydrogens is 270 g/mol. The van der Waals surface area contributed by atoms with Gasteiger partial charge in [0.1, 0.15) is 6.04 Å². The van der Waals surface area contributed by atoms with Crippen molar-refractivity contribution in [3.63, 3.8) is 0 Å². The Morgan fingerprint density at radius 1 is 1.38 bits per heavy atom. The number of furan rings is 1. The van der Waals surface area contributed by atoms with Gasteiger partial charge in [0.25, 0.3) is 0 Å². The van der Waals surface area contributed by atoms with Gasteiger partial charge in [-0.2, -0.15) is 4.98 Å². The van der Waals surface area contributed by atoms with Crippen LogP contribution in [0.2, 0.25) is 0 Å². The Morgan fingerprint density at radius 2 is 2.14 bits per heavy atom. The fourth-order valence-electron chi connectivity index (χ4n) is 1.87. The normalized spacial score (nSPS) is 14.1. The number of aromatic nitrogens is 2. The Kier molecular flexibility index (Phi) is 4.77. The summed E-state index contributed by atoms with van der Waals surface area (Å²) in [5, 5.41) is 6.89. The van der Waals surface area contributed by atoms with Crippen LogP contribution in [-0.2, 0) is 4.79 Å². The van der Waals surface area contributed by atoms with Crippen LogP contribution in [0.25, 0.3) is 11.6 Å². The average Bonchev–Trinajstić information content (AvgIpc) is 3.13. The number of carbonyl (C=O) groups is 1. The predicted octanol–water partition coefficient (Wildman–Crippen LogP) is 3.19. The molecule has 2 aromatic heterocycles. The van der Waals surface area contributed by atoms with Gasteiger partial charge in [0.05, 0.1) is 6.26 Å². The van der Waals surface area contributed by atoms with Crippen molar-refractivity contribution in [1.29, 1.82) is 0 Å². The molecule has 0 saturated heterocycles. The molecule has 1 amide bonds. The molecule has 0 bridgehead atoms. The average molecular weight is 291 g/mol. The topological polar surface area (TPSA) is 81.2 Å². The van der Waals surface area contributed by atoms with Crippen LogP contribution < -0.4 is 5.32 Å². The van der Waals surface area contributed by atoms with Gasteiger partial charge in [-0.25, -0.2) is 0 Å². The molecule has 2 rings (SSSR count). The lowest BCUT2D eigenvalue weighted by molar-refractivity contribution is -0.125. The standard InChI is InChI=1S/C15H21N3O3/c1-5-10(4)12(16-14(19)9(2)3)15-17-13(18-21-15)11-7-6-8-20-11/h6-10,12H,5H2,1-4H3,(H,16,19)/t10-,12+/m0/s1. The minimum Gasteiger partial charge on any atom is -0.461 e. The zero-order chi connectivity index (χ0) is 15.4. The third-order valence-corrected chi connectivity index (χ3v) is 3.48. The van der Waals surface area contributed by atoms with Crippen molar-refractivity contribution >= 4 is 5.91 Å². The Morgan fingerprint density at radius 3 is 2.71 bits per heavy atom. The predicted molar refractivity (Wildman–Crippen MR) is 77.2 cm³/mol. The van der Waals surface area contributed by atoms with E-state index in [9.17, 15) is 4.79 Å². The van der Waals surface area contributed by atoms with E-state index in [0.29, 0.717) is 17.5 Å². The van der Waals surface area contributed by atoms with Gasteiger partial charge in [0.2, 0.25) is 17.6 Å². The second-order valence-electron chi connectivity index (χ2n) is 5.46. The van der Waals surface area contributed by atoms with Gasteiger partial charge in [-0.3, -0.25) is 4.79 Å². The molecule has 0 fully saturated rings. The summed E-state index contributed by atoms with van der Waals surface area (Å²) in [5.74, 6) is 1.41. The second-order valence-corrected chi connectivity index (χ2v) is 5.46. The van der Waals surface area contributed by atoms with Crippen LogP contribution in [0.3, 0.4) is 0 Å². The summed E-state index contributed by atoms with van der Waals surface area (Å²) in [6.45, 7) is 7.81. The van der Waals surface area contributed by atoms with Gasteiger partial charge >= 0.3 is 0 Å². The zero-order valence-electron chi connectivity index (χ0n) is 12.8. The Balaban J connectivity index is 2.23. The summed E-state index contributed by atoms with van der Waals surface area (Å²) in [5.41, 5.74) is 0. The molecule has 2 heterocycles. The summed E-state index contributed by atoms with van der Waals surface area (Å²) in [6.07, 6.45) is 2.44. The first-order valence-electron chi connectivity index (χ1n) is 7.20. The Bertz CT molecular complexity index is 575. The van der Waals surface area contributed by atoms with E-state index in [1.807, 2.05) is 20.8 Å². The lowest BCUT2D eigenvalue weighted by atomic mass is 9.98. The first-order chi connectivity index (χ1) is 10.0. The minimum absolute atomic E-state index is 0.0296. The second kappa shape index (κ2) is 6.56. The van der Waals surface area contributed by atoms with Crippen LogP contribution in [0.15, 0.2) is 27.3 Å². The molecule has 0 aliphatic carbocycles. The van der Waals surface area contributed by atoms with E-state index in [1.54, 1.807) is 18.4 Å². The van der Waals surface area contributed by atoms with E-state index in [0.717, 1.165) is 6.42 Å². The summed E-state index contributed by atoms with van der Waals surface area (Å²) in [4.78, 5) is 16.3. The molecule has 21 heavy (non-hydrogen) atoms. The Labute approximate surface area is 123 Å². The van der Waals surface area contributed by atoms with E-state index in [2.05, 4.69) is 22.4 Å².